The van der Waals surface area contributed by atoms with Gasteiger partial charge in [-0.1, -0.05) is 0 Å². The van der Waals surface area contributed by atoms with Crippen molar-refractivity contribution in [2.75, 3.05) is 4.90 Å². The molecule has 7 heteroatoms. The molecule has 0 aromatic heterocycles. The van der Waals surface area contributed by atoms with E-state index >= 15 is 0 Å². The average molecular weight is 334 g/mol. The summed E-state index contributed by atoms with van der Waals surface area (Å²) in [5, 5.41) is 9.22. The number of Topliss-reactive ketones (excluding diaryl/α,β-unsaturated/α-hetero) is 1. The minimum atomic E-state index is -1.36. The third-order valence-corrected chi connectivity index (χ3v) is 3.78. The van der Waals surface area contributed by atoms with E-state index in [1.54, 1.807) is 0 Å². The van der Waals surface area contributed by atoms with Crippen LogP contribution < -0.4 is 4.90 Å². The molecule has 1 aromatic rings. The zero-order valence-electron chi connectivity index (χ0n) is 10.1. The quantitative estimate of drug-likeness (QED) is 0.738. The lowest BCUT2D eigenvalue weighted by Crippen LogP contribution is -2.52. The van der Waals surface area contributed by atoms with Crippen molar-refractivity contribution in [1.82, 2.24) is 0 Å². The molecule has 0 bridgehead atoms. The lowest BCUT2D eigenvalue weighted by Gasteiger charge is -2.40. The summed E-state index contributed by atoms with van der Waals surface area (Å²) in [7, 11) is 0. The normalized spacial score (nSPS) is 17.3. The zero-order valence-corrected chi connectivity index (χ0v) is 11.7. The van der Waals surface area contributed by atoms with Crippen LogP contribution in [-0.2, 0) is 0 Å². The van der Waals surface area contributed by atoms with Gasteiger partial charge in [-0.2, -0.15) is 0 Å². The molecule has 4 nitrogen and oxygen atoms in total. The van der Waals surface area contributed by atoms with Crippen LogP contribution in [0.3, 0.4) is 0 Å². The van der Waals surface area contributed by atoms with Crippen molar-refractivity contribution in [3.63, 3.8) is 0 Å². The van der Waals surface area contributed by atoms with Crippen LogP contribution in [0, 0.1) is 11.6 Å². The van der Waals surface area contributed by atoms with E-state index in [9.17, 15) is 23.5 Å². The lowest BCUT2D eigenvalue weighted by molar-refractivity contribution is 0.0942. The fraction of sp³-hybridized carbons (Fsp3) is 0.333. The van der Waals surface area contributed by atoms with Crippen LogP contribution in [0.4, 0.5) is 19.3 Å². The maximum absolute atomic E-state index is 14.0. The largest absolute Gasteiger partial charge is 0.465 e. The van der Waals surface area contributed by atoms with Crippen molar-refractivity contribution in [1.29, 1.82) is 0 Å². The maximum Gasteiger partial charge on any atom is 0.412 e. The van der Waals surface area contributed by atoms with Crippen molar-refractivity contribution >= 4 is 33.5 Å². The molecule has 0 fully saturated rings. The Kier molecular flexibility index (Phi) is 3.12. The van der Waals surface area contributed by atoms with Gasteiger partial charge in [0, 0.05) is 6.42 Å². The number of ketones is 1. The van der Waals surface area contributed by atoms with E-state index in [-0.39, 0.29) is 12.1 Å². The van der Waals surface area contributed by atoms with E-state index in [0.29, 0.717) is 0 Å². The maximum atomic E-state index is 14.0. The van der Waals surface area contributed by atoms with Crippen molar-refractivity contribution in [3.8, 4) is 0 Å². The Hall–Kier alpha value is -1.50. The molecule has 19 heavy (non-hydrogen) atoms. The number of fused-ring (bicyclic) bond motifs is 1. The molecule has 1 N–H and O–H groups in total. The number of carbonyl (C=O) groups is 2. The standard InChI is InChI=1S/C12H10BrF2NO3/c1-12(2)4-7(17)8-6(16(12)11(18)19)3-5(14)9(13)10(8)15/h3H,4H2,1-2H3,(H,18,19). The zero-order chi connectivity index (χ0) is 14.5. The third kappa shape index (κ3) is 2.01. The Morgan fingerprint density at radius 1 is 1.47 bits per heavy atom. The highest BCUT2D eigenvalue weighted by Gasteiger charge is 2.43. The van der Waals surface area contributed by atoms with Crippen molar-refractivity contribution in [3.05, 3.63) is 27.7 Å². The number of amides is 1. The van der Waals surface area contributed by atoms with E-state index in [0.717, 1.165) is 11.0 Å². The predicted octanol–water partition coefficient (Wildman–Crippen LogP) is 3.58. The number of anilines is 1. The highest BCUT2D eigenvalue weighted by molar-refractivity contribution is 9.10. The number of rotatable bonds is 0. The van der Waals surface area contributed by atoms with Gasteiger partial charge in [-0.3, -0.25) is 9.69 Å². The summed E-state index contributed by atoms with van der Waals surface area (Å²) in [6, 6.07) is 0.857. The van der Waals surface area contributed by atoms with Gasteiger partial charge in [-0.25, -0.2) is 13.6 Å². The van der Waals surface area contributed by atoms with Crippen LogP contribution in [0.25, 0.3) is 0 Å². The van der Waals surface area contributed by atoms with E-state index in [1.165, 1.54) is 13.8 Å². The Morgan fingerprint density at radius 3 is 2.58 bits per heavy atom. The van der Waals surface area contributed by atoms with Crippen LogP contribution in [0.15, 0.2) is 10.5 Å². The van der Waals surface area contributed by atoms with Gasteiger partial charge in [0.15, 0.2) is 11.6 Å². The van der Waals surface area contributed by atoms with Crippen molar-refractivity contribution in [2.24, 2.45) is 0 Å². The van der Waals surface area contributed by atoms with Crippen LogP contribution in [0.1, 0.15) is 30.6 Å². The van der Waals surface area contributed by atoms with Gasteiger partial charge in [-0.15, -0.1) is 0 Å². The summed E-state index contributed by atoms with van der Waals surface area (Å²) in [5.74, 6) is -2.56. The number of carbonyl (C=O) groups excluding carboxylic acids is 1. The first-order valence-electron chi connectivity index (χ1n) is 5.40. The summed E-state index contributed by atoms with van der Waals surface area (Å²) in [6.07, 6.45) is -1.53. The molecular weight excluding hydrogens is 324 g/mol. The van der Waals surface area contributed by atoms with Gasteiger partial charge in [0.05, 0.1) is 21.3 Å². The van der Waals surface area contributed by atoms with Gasteiger partial charge < -0.3 is 5.11 Å². The molecule has 0 saturated heterocycles. The number of halogens is 3. The number of benzene rings is 1. The fourth-order valence-electron chi connectivity index (χ4n) is 2.27. The highest BCUT2D eigenvalue weighted by Crippen LogP contribution is 2.40. The predicted molar refractivity (Wildman–Crippen MR) is 67.6 cm³/mol. The van der Waals surface area contributed by atoms with E-state index in [1.807, 2.05) is 0 Å². The number of nitrogens with zero attached hydrogens (tertiary/aromatic N) is 1. The van der Waals surface area contributed by atoms with Crippen LogP contribution in [-0.4, -0.2) is 22.5 Å². The SMILES string of the molecule is CC1(C)CC(=O)c2c(cc(F)c(Br)c2F)N1C(=O)O. The summed E-state index contributed by atoms with van der Waals surface area (Å²) >= 11 is 2.70. The molecule has 102 valence electrons. The monoisotopic (exact) mass is 333 g/mol. The first kappa shape index (κ1) is 13.9. The van der Waals surface area contributed by atoms with Gasteiger partial charge in [0.2, 0.25) is 0 Å². The summed E-state index contributed by atoms with van der Waals surface area (Å²) in [6.45, 7) is 3.06. The molecule has 0 saturated carbocycles. The van der Waals surface area contributed by atoms with E-state index in [4.69, 9.17) is 0 Å². The van der Waals surface area contributed by atoms with Crippen LogP contribution >= 0.6 is 15.9 Å². The first-order chi connectivity index (χ1) is 8.66. The molecule has 1 aromatic carbocycles. The third-order valence-electron chi connectivity index (χ3n) is 3.05. The Balaban J connectivity index is 2.80. The molecule has 1 aliphatic rings. The molecule has 0 aliphatic carbocycles. The molecule has 2 rings (SSSR count). The minimum Gasteiger partial charge on any atom is -0.465 e. The second-order valence-corrected chi connectivity index (χ2v) is 5.70. The van der Waals surface area contributed by atoms with Gasteiger partial charge in [-0.05, 0) is 35.8 Å². The Labute approximate surface area is 116 Å². The van der Waals surface area contributed by atoms with Crippen LogP contribution in [0.5, 0.6) is 0 Å². The van der Waals surface area contributed by atoms with Gasteiger partial charge in [0.25, 0.3) is 0 Å². The molecule has 1 amide bonds. The molecular formula is C12H10BrF2NO3. The van der Waals surface area contributed by atoms with Gasteiger partial charge >= 0.3 is 6.09 Å². The smallest absolute Gasteiger partial charge is 0.412 e. The molecule has 0 radical (unpaired) electrons. The van der Waals surface area contributed by atoms with Gasteiger partial charge in [0.1, 0.15) is 5.82 Å². The Bertz CT molecular complexity index is 601. The van der Waals surface area contributed by atoms with Crippen molar-refractivity contribution < 1.29 is 23.5 Å². The van der Waals surface area contributed by atoms with Crippen LogP contribution in [0.2, 0.25) is 0 Å². The summed E-state index contributed by atoms with van der Waals surface area (Å²) in [5.41, 5.74) is -1.70. The molecule has 1 heterocycles. The van der Waals surface area contributed by atoms with E-state index < -0.39 is 39.1 Å². The topological polar surface area (TPSA) is 57.6 Å². The molecule has 1 aliphatic heterocycles. The summed E-state index contributed by atoms with van der Waals surface area (Å²) in [4.78, 5) is 24.1. The molecule has 0 spiro atoms. The second kappa shape index (κ2) is 4.26. The van der Waals surface area contributed by atoms with Crippen molar-refractivity contribution in [2.45, 2.75) is 25.8 Å². The molecule has 0 atom stereocenters. The summed E-state index contributed by atoms with van der Waals surface area (Å²) < 4.78 is 27.1. The lowest BCUT2D eigenvalue weighted by atomic mass is 9.86. The molecule has 0 unspecified atom stereocenters. The fourth-order valence-corrected chi connectivity index (χ4v) is 2.59. The van der Waals surface area contributed by atoms with E-state index in [2.05, 4.69) is 15.9 Å². The number of hydrogen-bond donors (Lipinski definition) is 1. The highest BCUT2D eigenvalue weighted by atomic mass is 79.9. The number of hydrogen-bond acceptors (Lipinski definition) is 2. The first-order valence-corrected chi connectivity index (χ1v) is 6.20. The second-order valence-electron chi connectivity index (χ2n) is 4.91. The number of carboxylic acid groups (broad SMARTS) is 1. The average Bonchev–Trinajstić information content (AvgIpc) is 2.23. The Morgan fingerprint density at radius 2 is 2.05 bits per heavy atom. The minimum absolute atomic E-state index is 0.165.